The van der Waals surface area contributed by atoms with Gasteiger partial charge in [0.2, 0.25) is 11.8 Å². The van der Waals surface area contributed by atoms with Gasteiger partial charge in [0.15, 0.2) is 0 Å². The van der Waals surface area contributed by atoms with Crippen LogP contribution >= 0.6 is 0 Å². The summed E-state index contributed by atoms with van der Waals surface area (Å²) in [6.45, 7) is 6.90. The number of nitrogens with one attached hydrogen (secondary N) is 2. The van der Waals surface area contributed by atoms with Crippen LogP contribution in [0.4, 0.5) is 5.69 Å². The summed E-state index contributed by atoms with van der Waals surface area (Å²) in [4.78, 5) is 26.1. The van der Waals surface area contributed by atoms with E-state index in [4.69, 9.17) is 0 Å². The molecule has 1 aliphatic rings. The van der Waals surface area contributed by atoms with Crippen molar-refractivity contribution in [2.24, 2.45) is 11.8 Å². The molecule has 0 saturated heterocycles. The molecule has 138 valence electrons. The van der Waals surface area contributed by atoms with E-state index in [0.29, 0.717) is 11.8 Å². The Hall–Kier alpha value is -1.88. The van der Waals surface area contributed by atoms with E-state index in [-0.39, 0.29) is 30.9 Å². The summed E-state index contributed by atoms with van der Waals surface area (Å²) < 4.78 is 0. The Labute approximate surface area is 151 Å². The van der Waals surface area contributed by atoms with Crippen molar-refractivity contribution in [1.82, 2.24) is 10.2 Å². The molecule has 2 amide bonds. The van der Waals surface area contributed by atoms with Gasteiger partial charge >= 0.3 is 0 Å². The quantitative estimate of drug-likeness (QED) is 0.833. The summed E-state index contributed by atoms with van der Waals surface area (Å²) >= 11 is 0. The van der Waals surface area contributed by atoms with Crippen LogP contribution in [0.5, 0.6) is 0 Å². The number of hydrogen-bond donors (Lipinski definition) is 2. The molecule has 1 aromatic carbocycles. The number of anilines is 1. The minimum atomic E-state index is -0.112. The molecule has 0 heterocycles. The Bertz CT molecular complexity index is 585. The average Bonchev–Trinajstić information content (AvgIpc) is 2.53. The summed E-state index contributed by atoms with van der Waals surface area (Å²) in [5, 5.41) is 6.00. The normalized spacial score (nSPS) is 23.3. The van der Waals surface area contributed by atoms with Crippen LogP contribution in [0.3, 0.4) is 0 Å². The van der Waals surface area contributed by atoms with Gasteiger partial charge in [-0.05, 0) is 44.4 Å². The van der Waals surface area contributed by atoms with E-state index in [1.807, 2.05) is 31.2 Å². The Morgan fingerprint density at radius 3 is 2.40 bits per heavy atom. The SMILES string of the molecule is Cc1ccc(NC(=O)CN(C)CC(=O)N[C@@H]2CCC[C@@H](C)[C@H]2C)cc1. The third kappa shape index (κ3) is 6.16. The van der Waals surface area contributed by atoms with Crippen LogP contribution in [0.1, 0.15) is 38.7 Å². The van der Waals surface area contributed by atoms with Crippen molar-refractivity contribution >= 4 is 17.5 Å². The van der Waals surface area contributed by atoms with Gasteiger partial charge in [0.05, 0.1) is 13.1 Å². The zero-order valence-corrected chi connectivity index (χ0v) is 15.8. The molecule has 0 radical (unpaired) electrons. The lowest BCUT2D eigenvalue weighted by Gasteiger charge is -2.34. The molecule has 5 heteroatoms. The molecule has 0 aliphatic heterocycles. The number of benzene rings is 1. The third-order valence-electron chi connectivity index (χ3n) is 5.22. The molecular weight excluding hydrogens is 314 g/mol. The summed E-state index contributed by atoms with van der Waals surface area (Å²) in [6.07, 6.45) is 3.47. The number of carbonyl (C=O) groups excluding carboxylic acids is 2. The number of hydrogen-bond acceptors (Lipinski definition) is 3. The standard InChI is InChI=1S/C20H31N3O2/c1-14-8-10-17(11-9-14)21-19(24)12-23(4)13-20(25)22-18-7-5-6-15(2)16(18)3/h8-11,15-16,18H,5-7,12-13H2,1-4H3,(H,21,24)(H,22,25)/t15-,16-,18-/m1/s1. The molecule has 1 fully saturated rings. The summed E-state index contributed by atoms with van der Waals surface area (Å²) in [6, 6.07) is 7.93. The Balaban J connectivity index is 1.75. The molecule has 25 heavy (non-hydrogen) atoms. The summed E-state index contributed by atoms with van der Waals surface area (Å²) in [5.74, 6) is 1.04. The first-order valence-corrected chi connectivity index (χ1v) is 9.19. The van der Waals surface area contributed by atoms with Gasteiger partial charge in [-0.3, -0.25) is 14.5 Å². The fourth-order valence-electron chi connectivity index (χ4n) is 3.42. The minimum Gasteiger partial charge on any atom is -0.352 e. The first-order valence-electron chi connectivity index (χ1n) is 9.19. The number of amides is 2. The molecule has 3 atom stereocenters. The molecule has 1 aromatic rings. The predicted molar refractivity (Wildman–Crippen MR) is 101 cm³/mol. The van der Waals surface area contributed by atoms with Crippen molar-refractivity contribution < 1.29 is 9.59 Å². The second-order valence-electron chi connectivity index (χ2n) is 7.53. The second-order valence-corrected chi connectivity index (χ2v) is 7.53. The van der Waals surface area contributed by atoms with Gasteiger partial charge in [-0.25, -0.2) is 0 Å². The highest BCUT2D eigenvalue weighted by Crippen LogP contribution is 2.29. The first kappa shape index (κ1) is 19.4. The van der Waals surface area contributed by atoms with Gasteiger partial charge < -0.3 is 10.6 Å². The number of rotatable bonds is 6. The van der Waals surface area contributed by atoms with E-state index in [0.717, 1.165) is 17.7 Å². The van der Waals surface area contributed by atoms with Gasteiger partial charge in [-0.2, -0.15) is 0 Å². The van der Waals surface area contributed by atoms with Crippen molar-refractivity contribution in [3.63, 3.8) is 0 Å². The fraction of sp³-hybridized carbons (Fsp3) is 0.600. The fourth-order valence-corrected chi connectivity index (χ4v) is 3.42. The van der Waals surface area contributed by atoms with Crippen molar-refractivity contribution in [1.29, 1.82) is 0 Å². The molecule has 1 aliphatic carbocycles. The maximum absolute atomic E-state index is 12.3. The lowest BCUT2D eigenvalue weighted by atomic mass is 9.78. The molecule has 2 N–H and O–H groups in total. The maximum atomic E-state index is 12.3. The smallest absolute Gasteiger partial charge is 0.238 e. The predicted octanol–water partition coefficient (Wildman–Crippen LogP) is 2.81. The monoisotopic (exact) mass is 345 g/mol. The average molecular weight is 345 g/mol. The lowest BCUT2D eigenvalue weighted by molar-refractivity contribution is -0.124. The molecule has 0 spiro atoms. The Morgan fingerprint density at radius 1 is 1.08 bits per heavy atom. The van der Waals surface area contributed by atoms with Gasteiger partial charge in [0.1, 0.15) is 0 Å². The van der Waals surface area contributed by atoms with Gasteiger partial charge in [-0.1, -0.05) is 44.4 Å². The zero-order chi connectivity index (χ0) is 18.4. The molecule has 0 aromatic heterocycles. The minimum absolute atomic E-state index is 0.00316. The largest absolute Gasteiger partial charge is 0.352 e. The molecule has 2 rings (SSSR count). The Kier molecular flexibility index (Phi) is 7.00. The topological polar surface area (TPSA) is 61.4 Å². The number of carbonyl (C=O) groups is 2. The van der Waals surface area contributed by atoms with Crippen molar-refractivity contribution in [2.75, 3.05) is 25.5 Å². The lowest BCUT2D eigenvalue weighted by Crippen LogP contribution is -2.47. The van der Waals surface area contributed by atoms with Crippen molar-refractivity contribution in [3.05, 3.63) is 29.8 Å². The van der Waals surface area contributed by atoms with Crippen LogP contribution in [-0.2, 0) is 9.59 Å². The second kappa shape index (κ2) is 8.99. The molecule has 0 bridgehead atoms. The Morgan fingerprint density at radius 2 is 1.72 bits per heavy atom. The van der Waals surface area contributed by atoms with Crippen molar-refractivity contribution in [2.45, 2.75) is 46.1 Å². The maximum Gasteiger partial charge on any atom is 0.238 e. The van der Waals surface area contributed by atoms with Crippen LogP contribution in [0.2, 0.25) is 0 Å². The van der Waals surface area contributed by atoms with E-state index in [1.54, 1.807) is 11.9 Å². The van der Waals surface area contributed by atoms with E-state index in [9.17, 15) is 9.59 Å². The van der Waals surface area contributed by atoms with E-state index >= 15 is 0 Å². The molecule has 0 unspecified atom stereocenters. The third-order valence-corrected chi connectivity index (χ3v) is 5.22. The highest BCUT2D eigenvalue weighted by molar-refractivity contribution is 5.92. The van der Waals surface area contributed by atoms with E-state index in [1.165, 1.54) is 12.8 Å². The molecular formula is C20H31N3O2. The number of nitrogens with zero attached hydrogens (tertiary/aromatic N) is 1. The van der Waals surface area contributed by atoms with Crippen LogP contribution < -0.4 is 10.6 Å². The van der Waals surface area contributed by atoms with Gasteiger partial charge in [0.25, 0.3) is 0 Å². The summed E-state index contributed by atoms with van der Waals surface area (Å²) in [5.41, 5.74) is 1.93. The summed E-state index contributed by atoms with van der Waals surface area (Å²) in [7, 11) is 1.79. The van der Waals surface area contributed by atoms with Gasteiger partial charge in [0, 0.05) is 11.7 Å². The molecule has 1 saturated carbocycles. The van der Waals surface area contributed by atoms with Gasteiger partial charge in [-0.15, -0.1) is 0 Å². The van der Waals surface area contributed by atoms with E-state index in [2.05, 4.69) is 24.5 Å². The van der Waals surface area contributed by atoms with E-state index < -0.39 is 0 Å². The van der Waals surface area contributed by atoms with Crippen LogP contribution in [0, 0.1) is 18.8 Å². The molecule has 5 nitrogen and oxygen atoms in total. The van der Waals surface area contributed by atoms with Crippen LogP contribution in [-0.4, -0.2) is 42.9 Å². The highest BCUT2D eigenvalue weighted by Gasteiger charge is 2.28. The highest BCUT2D eigenvalue weighted by atomic mass is 16.2. The van der Waals surface area contributed by atoms with Crippen LogP contribution in [0.15, 0.2) is 24.3 Å². The number of likely N-dealkylation sites (N-methyl/N-ethyl adjacent to an activating group) is 1. The van der Waals surface area contributed by atoms with Crippen molar-refractivity contribution in [3.8, 4) is 0 Å². The number of aryl methyl sites for hydroxylation is 1. The van der Waals surface area contributed by atoms with Crippen LogP contribution in [0.25, 0.3) is 0 Å². The first-order chi connectivity index (χ1) is 11.8. The zero-order valence-electron chi connectivity index (χ0n) is 15.8.